The van der Waals surface area contributed by atoms with E-state index >= 15 is 0 Å². The van der Waals surface area contributed by atoms with Gasteiger partial charge in [0.2, 0.25) is 10.0 Å². The summed E-state index contributed by atoms with van der Waals surface area (Å²) in [6, 6.07) is 0.380. The van der Waals surface area contributed by atoms with E-state index in [1.165, 1.54) is 6.42 Å². The number of fused-ring (bicyclic) bond motifs is 1. The molecule has 2 atom stereocenters. The minimum Gasteiger partial charge on any atom is -0.312 e. The van der Waals surface area contributed by atoms with Crippen molar-refractivity contribution in [2.45, 2.75) is 44.4 Å². The van der Waals surface area contributed by atoms with Gasteiger partial charge < -0.3 is 5.32 Å². The van der Waals surface area contributed by atoms with Gasteiger partial charge in [-0.2, -0.15) is 4.31 Å². The van der Waals surface area contributed by atoms with Crippen LogP contribution in [0, 0.1) is 5.92 Å². The van der Waals surface area contributed by atoms with Crippen LogP contribution in [0.25, 0.3) is 0 Å². The molecule has 2 rings (SSSR count). The highest BCUT2D eigenvalue weighted by molar-refractivity contribution is 7.90. The van der Waals surface area contributed by atoms with Crippen molar-refractivity contribution in [3.8, 4) is 0 Å². The van der Waals surface area contributed by atoms with Crippen molar-refractivity contribution in [1.29, 1.82) is 0 Å². The molecule has 0 aromatic carbocycles. The minimum absolute atomic E-state index is 0.380. The van der Waals surface area contributed by atoms with Gasteiger partial charge in [-0.15, -0.1) is 0 Å². The molecular formula is C11H22N2O2S. The first-order valence-electron chi connectivity index (χ1n) is 6.05. The third kappa shape index (κ3) is 2.00. The van der Waals surface area contributed by atoms with E-state index in [-0.39, 0.29) is 0 Å². The lowest BCUT2D eigenvalue weighted by atomic mass is 9.94. The highest BCUT2D eigenvalue weighted by Gasteiger charge is 2.43. The standard InChI is InChI=1S/C11H22N2O2S/c1-11(2,3)16(14,15)13-7-9-5-4-6-12-10(9)8-13/h9-10,12H,4-8H2,1-3H3. The average molecular weight is 246 g/mol. The Morgan fingerprint density at radius 3 is 2.50 bits per heavy atom. The molecule has 1 N–H and O–H groups in total. The van der Waals surface area contributed by atoms with Gasteiger partial charge >= 0.3 is 0 Å². The van der Waals surface area contributed by atoms with Crippen molar-refractivity contribution in [3.05, 3.63) is 0 Å². The Morgan fingerprint density at radius 1 is 1.25 bits per heavy atom. The van der Waals surface area contributed by atoms with Crippen LogP contribution in [0.2, 0.25) is 0 Å². The van der Waals surface area contributed by atoms with E-state index in [2.05, 4.69) is 5.32 Å². The Balaban J connectivity index is 2.14. The van der Waals surface area contributed by atoms with Gasteiger partial charge in [-0.1, -0.05) is 0 Å². The normalized spacial score (nSPS) is 32.7. The van der Waals surface area contributed by atoms with Gasteiger partial charge in [0, 0.05) is 19.1 Å². The molecule has 0 bridgehead atoms. The van der Waals surface area contributed by atoms with Crippen LogP contribution >= 0.6 is 0 Å². The van der Waals surface area contributed by atoms with Crippen LogP contribution in [0.15, 0.2) is 0 Å². The topological polar surface area (TPSA) is 49.4 Å². The first-order valence-corrected chi connectivity index (χ1v) is 7.49. The van der Waals surface area contributed by atoms with Crippen molar-refractivity contribution < 1.29 is 8.42 Å². The van der Waals surface area contributed by atoms with Crippen molar-refractivity contribution in [3.63, 3.8) is 0 Å². The zero-order chi connectivity index (χ0) is 12.0. The number of nitrogens with zero attached hydrogens (tertiary/aromatic N) is 1. The van der Waals surface area contributed by atoms with E-state index in [1.807, 2.05) is 0 Å². The van der Waals surface area contributed by atoms with E-state index in [9.17, 15) is 8.42 Å². The Morgan fingerprint density at radius 2 is 1.94 bits per heavy atom. The summed E-state index contributed by atoms with van der Waals surface area (Å²) in [5.74, 6) is 0.519. The molecule has 4 nitrogen and oxygen atoms in total. The third-order valence-electron chi connectivity index (χ3n) is 3.68. The van der Waals surface area contributed by atoms with Crippen molar-refractivity contribution in [1.82, 2.24) is 9.62 Å². The van der Waals surface area contributed by atoms with Gasteiger partial charge in [0.15, 0.2) is 0 Å². The zero-order valence-corrected chi connectivity index (χ0v) is 11.2. The first kappa shape index (κ1) is 12.3. The zero-order valence-electron chi connectivity index (χ0n) is 10.4. The molecule has 94 valence electrons. The summed E-state index contributed by atoms with van der Waals surface area (Å²) in [4.78, 5) is 0. The molecule has 0 aliphatic carbocycles. The summed E-state index contributed by atoms with van der Waals surface area (Å²) >= 11 is 0. The molecular weight excluding hydrogens is 224 g/mol. The van der Waals surface area contributed by atoms with Crippen LogP contribution in [-0.2, 0) is 10.0 Å². The van der Waals surface area contributed by atoms with E-state index in [1.54, 1.807) is 25.1 Å². The van der Waals surface area contributed by atoms with Gasteiger partial charge in [-0.3, -0.25) is 0 Å². The minimum atomic E-state index is -3.14. The lowest BCUT2D eigenvalue weighted by Crippen LogP contribution is -2.43. The summed E-state index contributed by atoms with van der Waals surface area (Å²) in [6.45, 7) is 7.72. The van der Waals surface area contributed by atoms with E-state index in [0.29, 0.717) is 25.0 Å². The predicted molar refractivity (Wildman–Crippen MR) is 64.8 cm³/mol. The van der Waals surface area contributed by atoms with Gasteiger partial charge in [-0.25, -0.2) is 8.42 Å². The van der Waals surface area contributed by atoms with Crippen LogP contribution < -0.4 is 5.32 Å². The molecule has 2 heterocycles. The quantitative estimate of drug-likeness (QED) is 0.744. The van der Waals surface area contributed by atoms with Crippen LogP contribution in [0.3, 0.4) is 0 Å². The molecule has 0 radical (unpaired) electrons. The molecule has 0 aromatic heterocycles. The third-order valence-corrected chi connectivity index (χ3v) is 6.21. The van der Waals surface area contributed by atoms with Crippen molar-refractivity contribution in [2.75, 3.05) is 19.6 Å². The fraction of sp³-hybridized carbons (Fsp3) is 1.00. The van der Waals surface area contributed by atoms with Crippen molar-refractivity contribution >= 4 is 10.0 Å². The molecule has 0 amide bonds. The fourth-order valence-corrected chi connectivity index (χ4v) is 4.11. The highest BCUT2D eigenvalue weighted by atomic mass is 32.2. The maximum Gasteiger partial charge on any atom is 0.219 e. The Kier molecular flexibility index (Phi) is 3.05. The van der Waals surface area contributed by atoms with E-state index < -0.39 is 14.8 Å². The molecule has 2 aliphatic heterocycles. The van der Waals surface area contributed by atoms with Crippen LogP contribution in [0.4, 0.5) is 0 Å². The average Bonchev–Trinajstić information content (AvgIpc) is 2.59. The van der Waals surface area contributed by atoms with Crippen molar-refractivity contribution in [2.24, 2.45) is 5.92 Å². The van der Waals surface area contributed by atoms with Crippen LogP contribution in [-0.4, -0.2) is 43.1 Å². The lowest BCUT2D eigenvalue weighted by Gasteiger charge is -2.26. The smallest absolute Gasteiger partial charge is 0.219 e. The molecule has 0 aromatic rings. The van der Waals surface area contributed by atoms with Gasteiger partial charge in [0.05, 0.1) is 4.75 Å². The first-order chi connectivity index (χ1) is 7.32. The van der Waals surface area contributed by atoms with Gasteiger partial charge in [-0.05, 0) is 46.1 Å². The number of sulfonamides is 1. The number of rotatable bonds is 1. The SMILES string of the molecule is CC(C)(C)S(=O)(=O)N1CC2CCCNC2C1. The number of nitrogens with one attached hydrogen (secondary N) is 1. The summed E-state index contributed by atoms with van der Waals surface area (Å²) in [6.07, 6.45) is 2.33. The van der Waals surface area contributed by atoms with Crippen LogP contribution in [0.1, 0.15) is 33.6 Å². The number of piperidine rings is 1. The van der Waals surface area contributed by atoms with Gasteiger partial charge in [0.25, 0.3) is 0 Å². The molecule has 0 spiro atoms. The Labute approximate surface area is 98.4 Å². The summed E-state index contributed by atoms with van der Waals surface area (Å²) in [5.41, 5.74) is 0. The predicted octanol–water partition coefficient (Wildman–Crippen LogP) is 0.798. The molecule has 0 saturated carbocycles. The maximum absolute atomic E-state index is 12.3. The Hall–Kier alpha value is -0.130. The summed E-state index contributed by atoms with van der Waals surface area (Å²) in [7, 11) is -3.14. The maximum atomic E-state index is 12.3. The Bertz CT molecular complexity index is 345. The molecule has 2 unspecified atom stereocenters. The second-order valence-electron chi connectivity index (χ2n) is 5.90. The largest absolute Gasteiger partial charge is 0.312 e. The van der Waals surface area contributed by atoms with Gasteiger partial charge in [0.1, 0.15) is 0 Å². The van der Waals surface area contributed by atoms with E-state index in [0.717, 1.165) is 13.0 Å². The summed E-state index contributed by atoms with van der Waals surface area (Å²) < 4.78 is 25.6. The van der Waals surface area contributed by atoms with E-state index in [4.69, 9.17) is 0 Å². The second-order valence-corrected chi connectivity index (χ2v) is 8.59. The number of hydrogen-bond donors (Lipinski definition) is 1. The van der Waals surface area contributed by atoms with Crippen LogP contribution in [0.5, 0.6) is 0 Å². The second kappa shape index (κ2) is 3.96. The lowest BCUT2D eigenvalue weighted by molar-refractivity contribution is 0.339. The fourth-order valence-electron chi connectivity index (χ4n) is 2.59. The summed E-state index contributed by atoms with van der Waals surface area (Å²) in [5, 5.41) is 3.43. The number of hydrogen-bond acceptors (Lipinski definition) is 3. The highest BCUT2D eigenvalue weighted by Crippen LogP contribution is 2.30. The monoisotopic (exact) mass is 246 g/mol. The molecule has 16 heavy (non-hydrogen) atoms. The molecule has 2 fully saturated rings. The molecule has 2 aliphatic rings. The molecule has 2 saturated heterocycles. The molecule has 5 heteroatoms.